The van der Waals surface area contributed by atoms with E-state index in [1.807, 2.05) is 0 Å². The Morgan fingerprint density at radius 2 is 1.53 bits per heavy atom. The average Bonchev–Trinajstić information content (AvgIpc) is 3.12. The van der Waals surface area contributed by atoms with Crippen LogP contribution in [0.5, 0.6) is 0 Å². The quantitative estimate of drug-likeness (QED) is 0.540. The zero-order valence-corrected chi connectivity index (χ0v) is 8.88. The summed E-state index contributed by atoms with van der Waals surface area (Å²) >= 11 is 0. The highest BCUT2D eigenvalue weighted by molar-refractivity contribution is 4.71. The maximum absolute atomic E-state index is 11.2. The highest BCUT2D eigenvalue weighted by Crippen LogP contribution is 2.22. The van der Waals surface area contributed by atoms with Crippen LogP contribution in [0.1, 0.15) is 0 Å². The van der Waals surface area contributed by atoms with Crippen LogP contribution in [0.25, 0.3) is 0 Å². The van der Waals surface area contributed by atoms with E-state index in [0.29, 0.717) is 12.2 Å². The monoisotopic (exact) mass is 264 g/mol. The van der Waals surface area contributed by atoms with Gasteiger partial charge in [-0.1, -0.05) is 0 Å². The Labute approximate surface area is 94.8 Å². The van der Waals surface area contributed by atoms with Gasteiger partial charge in [0.1, 0.15) is 12.2 Å². The molecule has 0 saturated carbocycles. The summed E-state index contributed by atoms with van der Waals surface area (Å²) in [7, 11) is 0. The van der Waals surface area contributed by atoms with Gasteiger partial charge >= 0.3 is 12.3 Å². The molecule has 0 radical (unpaired) electrons. The van der Waals surface area contributed by atoms with Crippen LogP contribution in [0.4, 0.5) is 22.0 Å². The van der Waals surface area contributed by atoms with Crippen LogP contribution in [0, 0.1) is 0 Å². The maximum Gasteiger partial charge on any atom is 0.335 e. The number of epoxide rings is 2. The first-order valence-corrected chi connectivity index (χ1v) is 4.98. The molecular weight excluding hydrogens is 251 g/mol. The molecule has 0 bridgehead atoms. The second-order valence-corrected chi connectivity index (χ2v) is 3.64. The summed E-state index contributed by atoms with van der Waals surface area (Å²) in [5.74, 6) is -4.46. The minimum atomic E-state index is -4.46. The number of alkyl halides is 5. The van der Waals surface area contributed by atoms with Gasteiger partial charge < -0.3 is 14.2 Å². The molecule has 0 aromatic carbocycles. The molecule has 102 valence electrons. The van der Waals surface area contributed by atoms with Crippen LogP contribution >= 0.6 is 0 Å². The Bertz CT molecular complexity index is 207. The molecular formula is C9H13F5O3. The van der Waals surface area contributed by atoms with Crippen LogP contribution in [0.3, 0.4) is 0 Å². The van der Waals surface area contributed by atoms with Gasteiger partial charge in [0.05, 0.1) is 26.4 Å². The fourth-order valence-corrected chi connectivity index (χ4v) is 0.718. The number of halogens is 5. The maximum atomic E-state index is 11.2. The van der Waals surface area contributed by atoms with E-state index in [0.717, 1.165) is 26.4 Å². The molecule has 2 saturated heterocycles. The van der Waals surface area contributed by atoms with E-state index in [4.69, 9.17) is 14.2 Å². The van der Waals surface area contributed by atoms with Crippen molar-refractivity contribution in [2.24, 2.45) is 0 Å². The lowest BCUT2D eigenvalue weighted by atomic mass is 10.4. The Hall–Kier alpha value is -0.470. The van der Waals surface area contributed by atoms with Crippen molar-refractivity contribution in [3.8, 4) is 0 Å². The predicted molar refractivity (Wildman–Crippen MR) is 47.2 cm³/mol. The highest BCUT2D eigenvalue weighted by Gasteiger charge is 2.40. The van der Waals surface area contributed by atoms with Gasteiger partial charge in [-0.2, -0.15) is 8.78 Å². The lowest BCUT2D eigenvalue weighted by Crippen LogP contribution is -2.28. The van der Waals surface area contributed by atoms with E-state index in [2.05, 4.69) is 0 Å². The molecule has 8 heteroatoms. The minimum Gasteiger partial charge on any atom is -0.376 e. The highest BCUT2D eigenvalue weighted by atomic mass is 19.3. The Balaban J connectivity index is 0.000000172. The molecule has 2 unspecified atom stereocenters. The first kappa shape index (κ1) is 14.6. The van der Waals surface area contributed by atoms with Gasteiger partial charge in [0.15, 0.2) is 6.67 Å². The van der Waals surface area contributed by atoms with Crippen molar-refractivity contribution in [2.45, 2.75) is 24.6 Å². The molecule has 17 heavy (non-hydrogen) atoms. The lowest BCUT2D eigenvalue weighted by molar-refractivity contribution is -0.139. The van der Waals surface area contributed by atoms with Crippen LogP contribution in [0.2, 0.25) is 0 Å². The summed E-state index contributed by atoms with van der Waals surface area (Å²) in [4.78, 5) is 0. The van der Waals surface area contributed by atoms with Crippen LogP contribution < -0.4 is 0 Å². The third kappa shape index (κ3) is 6.75. The van der Waals surface area contributed by atoms with Gasteiger partial charge in [0, 0.05) is 0 Å². The standard InChI is InChI=1S/C6H10O3.C3H3F5/c1(5-3-8-5)7-2-6-4-9-6;4-1-3(7,8)2(5)6/h5-6H,1-4H2;2H,1H2. The zero-order chi connectivity index (χ0) is 12.9. The number of hydrogen-bond donors (Lipinski definition) is 0. The normalized spacial score (nSPS) is 26.5. The van der Waals surface area contributed by atoms with E-state index in [9.17, 15) is 22.0 Å². The molecule has 2 rings (SSSR count). The topological polar surface area (TPSA) is 34.3 Å². The van der Waals surface area contributed by atoms with E-state index < -0.39 is 19.0 Å². The van der Waals surface area contributed by atoms with Crippen LogP contribution in [-0.2, 0) is 14.2 Å². The van der Waals surface area contributed by atoms with E-state index in [1.165, 1.54) is 0 Å². The number of hydrogen-bond acceptors (Lipinski definition) is 3. The summed E-state index contributed by atoms with van der Waals surface area (Å²) in [5, 5.41) is 0. The minimum absolute atomic E-state index is 0.392. The smallest absolute Gasteiger partial charge is 0.335 e. The molecule has 0 aliphatic carbocycles. The van der Waals surface area contributed by atoms with Gasteiger partial charge in [0.25, 0.3) is 0 Å². The second kappa shape index (κ2) is 6.46. The summed E-state index contributed by atoms with van der Waals surface area (Å²) < 4.78 is 69.9. The lowest BCUT2D eigenvalue weighted by Gasteiger charge is -2.08. The summed E-state index contributed by atoms with van der Waals surface area (Å²) in [6.07, 6.45) is -3.11. The van der Waals surface area contributed by atoms with Crippen molar-refractivity contribution in [3.63, 3.8) is 0 Å². The van der Waals surface area contributed by atoms with E-state index in [-0.39, 0.29) is 0 Å². The van der Waals surface area contributed by atoms with Crippen LogP contribution in [0.15, 0.2) is 0 Å². The van der Waals surface area contributed by atoms with Crippen LogP contribution in [-0.4, -0.2) is 57.7 Å². The van der Waals surface area contributed by atoms with Crippen molar-refractivity contribution < 1.29 is 36.2 Å². The van der Waals surface area contributed by atoms with Gasteiger partial charge in [0.2, 0.25) is 0 Å². The first-order valence-electron chi connectivity index (χ1n) is 4.98. The molecule has 0 aromatic rings. The summed E-state index contributed by atoms with van der Waals surface area (Å²) in [6, 6.07) is 0. The molecule has 2 fully saturated rings. The average molecular weight is 264 g/mol. The van der Waals surface area contributed by atoms with Crippen molar-refractivity contribution in [1.29, 1.82) is 0 Å². The first-order chi connectivity index (χ1) is 7.95. The Morgan fingerprint density at radius 3 is 1.71 bits per heavy atom. The predicted octanol–water partition coefficient (Wildman–Crippen LogP) is 1.66. The number of rotatable bonds is 6. The molecule has 0 N–H and O–H groups in total. The molecule has 2 atom stereocenters. The molecule has 0 aromatic heterocycles. The number of ether oxygens (including phenoxy) is 3. The van der Waals surface area contributed by atoms with Crippen molar-refractivity contribution in [3.05, 3.63) is 0 Å². The molecule has 2 aliphatic rings. The fourth-order valence-electron chi connectivity index (χ4n) is 0.718. The Morgan fingerprint density at radius 1 is 1.12 bits per heavy atom. The molecule has 2 heterocycles. The molecule has 0 amide bonds. The molecule has 2 aliphatic heterocycles. The van der Waals surface area contributed by atoms with Gasteiger partial charge in [-0.05, 0) is 0 Å². The van der Waals surface area contributed by atoms with E-state index in [1.54, 1.807) is 0 Å². The summed E-state index contributed by atoms with van der Waals surface area (Å²) in [6.45, 7) is 0.960. The van der Waals surface area contributed by atoms with Crippen molar-refractivity contribution in [2.75, 3.05) is 33.1 Å². The fraction of sp³-hybridized carbons (Fsp3) is 1.00. The second-order valence-electron chi connectivity index (χ2n) is 3.64. The largest absolute Gasteiger partial charge is 0.376 e. The third-order valence-corrected chi connectivity index (χ3v) is 1.91. The van der Waals surface area contributed by atoms with Gasteiger partial charge in [-0.25, -0.2) is 13.2 Å². The third-order valence-electron chi connectivity index (χ3n) is 1.91. The van der Waals surface area contributed by atoms with Crippen molar-refractivity contribution >= 4 is 0 Å². The SMILES string of the molecule is C(OCC1CO1)C1CO1.FCC(F)(F)C(F)F. The molecule has 0 spiro atoms. The summed E-state index contributed by atoms with van der Waals surface area (Å²) in [5.41, 5.74) is 0. The van der Waals surface area contributed by atoms with Gasteiger partial charge in [-0.15, -0.1) is 0 Å². The van der Waals surface area contributed by atoms with Crippen molar-refractivity contribution in [1.82, 2.24) is 0 Å². The van der Waals surface area contributed by atoms with E-state index >= 15 is 0 Å². The van der Waals surface area contributed by atoms with Gasteiger partial charge in [-0.3, -0.25) is 0 Å². The zero-order valence-electron chi connectivity index (χ0n) is 8.88. The Kier molecular flexibility index (Phi) is 5.54. The molecule has 3 nitrogen and oxygen atoms in total.